The fourth-order valence-electron chi connectivity index (χ4n) is 1.50. The van der Waals surface area contributed by atoms with Crippen LogP contribution in [0.2, 0.25) is 0 Å². The predicted octanol–water partition coefficient (Wildman–Crippen LogP) is 1.38. The number of nitrogen functional groups attached to an aromatic ring is 1. The highest BCUT2D eigenvalue weighted by Crippen LogP contribution is 2.10. The maximum absolute atomic E-state index is 10.7. The second kappa shape index (κ2) is 5.81. The molecule has 6 nitrogen and oxygen atoms in total. The Kier molecular flexibility index (Phi) is 3.92. The van der Waals surface area contributed by atoms with Crippen LogP contribution in [0, 0.1) is 0 Å². The molecule has 0 atom stereocenters. The van der Waals surface area contributed by atoms with E-state index >= 15 is 0 Å². The first-order valence-electron chi connectivity index (χ1n) is 5.69. The van der Waals surface area contributed by atoms with E-state index in [0.29, 0.717) is 18.9 Å². The van der Waals surface area contributed by atoms with E-state index in [4.69, 9.17) is 15.6 Å². The summed E-state index contributed by atoms with van der Waals surface area (Å²) in [5.41, 5.74) is 5.44. The molecule has 0 saturated carbocycles. The summed E-state index contributed by atoms with van der Waals surface area (Å²) in [6.07, 6.45) is 1.67. The van der Waals surface area contributed by atoms with Gasteiger partial charge in [-0.15, -0.1) is 0 Å². The normalized spacial score (nSPS) is 10.1. The Balaban J connectivity index is 1.93. The highest BCUT2D eigenvalue weighted by atomic mass is 16.5. The Labute approximate surface area is 109 Å². The minimum Gasteiger partial charge on any atom is -0.493 e. The van der Waals surface area contributed by atoms with Crippen molar-refractivity contribution < 1.29 is 14.6 Å². The summed E-state index contributed by atoms with van der Waals surface area (Å²) in [5.74, 6) is 0.0536. The monoisotopic (exact) mass is 259 g/mol. The zero-order valence-corrected chi connectivity index (χ0v) is 10.1. The number of aromatic carboxylic acids is 1. The minimum absolute atomic E-state index is 0.0304. The molecule has 0 aliphatic heterocycles. The number of nitrogens with zero attached hydrogens (tertiary/aromatic N) is 2. The zero-order valence-electron chi connectivity index (χ0n) is 10.1. The molecule has 2 aromatic rings. The summed E-state index contributed by atoms with van der Waals surface area (Å²) in [7, 11) is 0. The van der Waals surface area contributed by atoms with Gasteiger partial charge in [-0.1, -0.05) is 18.2 Å². The Morgan fingerprint density at radius 3 is 2.68 bits per heavy atom. The zero-order chi connectivity index (χ0) is 13.7. The summed E-state index contributed by atoms with van der Waals surface area (Å²) in [4.78, 5) is 18.6. The van der Waals surface area contributed by atoms with Gasteiger partial charge in [-0.25, -0.2) is 14.8 Å². The number of rotatable bonds is 5. The Morgan fingerprint density at radius 2 is 2.05 bits per heavy atom. The number of hydrogen-bond donors (Lipinski definition) is 2. The molecule has 0 radical (unpaired) electrons. The van der Waals surface area contributed by atoms with Gasteiger partial charge in [-0.05, 0) is 12.1 Å². The molecule has 0 saturated heterocycles. The second-order valence-corrected chi connectivity index (χ2v) is 3.80. The summed E-state index contributed by atoms with van der Waals surface area (Å²) >= 11 is 0. The first kappa shape index (κ1) is 12.8. The maximum Gasteiger partial charge on any atom is 0.341 e. The molecule has 1 heterocycles. The lowest BCUT2D eigenvalue weighted by Gasteiger charge is -2.06. The van der Waals surface area contributed by atoms with Gasteiger partial charge in [-0.3, -0.25) is 0 Å². The van der Waals surface area contributed by atoms with Crippen molar-refractivity contribution in [3.05, 3.63) is 47.9 Å². The van der Waals surface area contributed by atoms with Gasteiger partial charge in [0.05, 0.1) is 6.61 Å². The Hall–Kier alpha value is -2.63. The molecule has 2 rings (SSSR count). The van der Waals surface area contributed by atoms with Crippen LogP contribution in [0.3, 0.4) is 0 Å². The van der Waals surface area contributed by atoms with Gasteiger partial charge in [0.2, 0.25) is 0 Å². The van der Waals surface area contributed by atoms with E-state index in [1.54, 1.807) is 0 Å². The fourth-order valence-corrected chi connectivity index (χ4v) is 1.50. The highest BCUT2D eigenvalue weighted by molar-refractivity contribution is 5.92. The number of carboxylic acids is 1. The number of benzene rings is 1. The molecule has 0 aliphatic carbocycles. The van der Waals surface area contributed by atoms with E-state index in [-0.39, 0.29) is 11.4 Å². The summed E-state index contributed by atoms with van der Waals surface area (Å²) in [6, 6.07) is 9.36. The number of carboxylic acid groups (broad SMARTS) is 1. The first-order chi connectivity index (χ1) is 9.16. The van der Waals surface area contributed by atoms with Gasteiger partial charge in [0.15, 0.2) is 0 Å². The number of para-hydroxylation sites is 1. The molecule has 98 valence electrons. The Morgan fingerprint density at radius 1 is 1.32 bits per heavy atom. The van der Waals surface area contributed by atoms with Gasteiger partial charge >= 0.3 is 5.97 Å². The molecule has 0 spiro atoms. The number of anilines is 1. The maximum atomic E-state index is 10.7. The third-order valence-electron chi connectivity index (χ3n) is 2.44. The van der Waals surface area contributed by atoms with Gasteiger partial charge < -0.3 is 15.6 Å². The van der Waals surface area contributed by atoms with E-state index < -0.39 is 5.97 Å². The molecule has 0 fully saturated rings. The van der Waals surface area contributed by atoms with Crippen molar-refractivity contribution in [2.75, 3.05) is 12.3 Å². The van der Waals surface area contributed by atoms with Crippen LogP contribution in [0.15, 0.2) is 36.5 Å². The average molecular weight is 259 g/mol. The van der Waals surface area contributed by atoms with Crippen LogP contribution in [0.5, 0.6) is 5.75 Å². The molecule has 3 N–H and O–H groups in total. The molecule has 0 amide bonds. The van der Waals surface area contributed by atoms with Crippen LogP contribution < -0.4 is 10.5 Å². The van der Waals surface area contributed by atoms with Crippen molar-refractivity contribution in [3.63, 3.8) is 0 Å². The number of nitrogens with two attached hydrogens (primary N) is 1. The molecule has 1 aromatic carbocycles. The third kappa shape index (κ3) is 3.41. The molecule has 0 unspecified atom stereocenters. The summed E-state index contributed by atoms with van der Waals surface area (Å²) in [5, 5.41) is 8.80. The highest BCUT2D eigenvalue weighted by Gasteiger charge is 2.10. The second-order valence-electron chi connectivity index (χ2n) is 3.80. The number of aromatic nitrogens is 2. The standard InChI is InChI=1S/C13H13N3O3/c14-12-10(13(17)18)8-15-11(16-12)6-7-19-9-4-2-1-3-5-9/h1-5,8H,6-7H2,(H,17,18)(H2,14,15,16). The van der Waals surface area contributed by atoms with Gasteiger partial charge in [-0.2, -0.15) is 0 Å². The molecule has 6 heteroatoms. The van der Waals surface area contributed by atoms with Crippen LogP contribution in [0.25, 0.3) is 0 Å². The van der Waals surface area contributed by atoms with Crippen LogP contribution in [0.1, 0.15) is 16.2 Å². The van der Waals surface area contributed by atoms with Crippen molar-refractivity contribution in [3.8, 4) is 5.75 Å². The summed E-state index contributed by atoms with van der Waals surface area (Å²) in [6.45, 7) is 0.399. The topological polar surface area (TPSA) is 98.3 Å². The van der Waals surface area contributed by atoms with E-state index in [1.807, 2.05) is 30.3 Å². The largest absolute Gasteiger partial charge is 0.493 e. The van der Waals surface area contributed by atoms with Crippen LogP contribution in [0.4, 0.5) is 5.82 Å². The summed E-state index contributed by atoms with van der Waals surface area (Å²) < 4.78 is 5.49. The van der Waals surface area contributed by atoms with Crippen LogP contribution >= 0.6 is 0 Å². The van der Waals surface area contributed by atoms with Crippen LogP contribution in [-0.2, 0) is 6.42 Å². The number of hydrogen-bond acceptors (Lipinski definition) is 5. The molecular formula is C13H13N3O3. The molecule has 1 aromatic heterocycles. The van der Waals surface area contributed by atoms with Gasteiger partial charge in [0, 0.05) is 12.6 Å². The lowest BCUT2D eigenvalue weighted by Crippen LogP contribution is -2.10. The van der Waals surface area contributed by atoms with E-state index in [2.05, 4.69) is 9.97 Å². The smallest absolute Gasteiger partial charge is 0.341 e. The van der Waals surface area contributed by atoms with Crippen molar-refractivity contribution in [1.82, 2.24) is 9.97 Å². The predicted molar refractivity (Wildman–Crippen MR) is 69.0 cm³/mol. The van der Waals surface area contributed by atoms with Crippen molar-refractivity contribution in [2.45, 2.75) is 6.42 Å². The van der Waals surface area contributed by atoms with Gasteiger partial charge in [0.1, 0.15) is 23.0 Å². The molecule has 19 heavy (non-hydrogen) atoms. The quantitative estimate of drug-likeness (QED) is 0.841. The van der Waals surface area contributed by atoms with Crippen LogP contribution in [-0.4, -0.2) is 27.7 Å². The van der Waals surface area contributed by atoms with Crippen molar-refractivity contribution in [1.29, 1.82) is 0 Å². The molecule has 0 aliphatic rings. The first-order valence-corrected chi connectivity index (χ1v) is 5.69. The van der Waals surface area contributed by atoms with Crippen molar-refractivity contribution >= 4 is 11.8 Å². The number of carbonyl (C=O) groups is 1. The van der Waals surface area contributed by atoms with Crippen molar-refractivity contribution in [2.24, 2.45) is 0 Å². The average Bonchev–Trinajstić information content (AvgIpc) is 2.39. The van der Waals surface area contributed by atoms with E-state index in [0.717, 1.165) is 5.75 Å². The van der Waals surface area contributed by atoms with Gasteiger partial charge in [0.25, 0.3) is 0 Å². The Bertz CT molecular complexity index is 573. The number of ether oxygens (including phenoxy) is 1. The van der Waals surface area contributed by atoms with E-state index in [9.17, 15) is 4.79 Å². The molecule has 0 bridgehead atoms. The minimum atomic E-state index is -1.13. The van der Waals surface area contributed by atoms with E-state index in [1.165, 1.54) is 6.20 Å². The fraction of sp³-hybridized carbons (Fsp3) is 0.154. The lowest BCUT2D eigenvalue weighted by atomic mass is 10.3. The molecular weight excluding hydrogens is 246 g/mol. The third-order valence-corrected chi connectivity index (χ3v) is 2.44. The SMILES string of the molecule is Nc1nc(CCOc2ccccc2)ncc1C(=O)O. The lowest BCUT2D eigenvalue weighted by molar-refractivity contribution is 0.0697.